The second-order valence-corrected chi connectivity index (χ2v) is 6.76. The summed E-state index contributed by atoms with van der Waals surface area (Å²) in [4.78, 5) is -0.391. The van der Waals surface area contributed by atoms with Crippen molar-refractivity contribution in [3.8, 4) is 0 Å². The van der Waals surface area contributed by atoms with E-state index in [1.54, 1.807) is 25.1 Å². The number of hydrogen-bond acceptors (Lipinski definition) is 6. The largest absolute Gasteiger partial charge is 0.399 e. The van der Waals surface area contributed by atoms with Gasteiger partial charge >= 0.3 is 10.5 Å². The van der Waals surface area contributed by atoms with Crippen LogP contribution in [-0.2, 0) is 20.6 Å². The van der Waals surface area contributed by atoms with Crippen molar-refractivity contribution in [1.29, 1.82) is 0 Å². The minimum absolute atomic E-state index is 0.0153. The van der Waals surface area contributed by atoms with Crippen molar-refractivity contribution in [2.45, 2.75) is 11.8 Å². The molecule has 0 unspecified atom stereocenters. The van der Waals surface area contributed by atoms with Gasteiger partial charge in [-0.1, -0.05) is 23.7 Å². The molecule has 3 N–H and O–H groups in total. The Morgan fingerprint density at radius 3 is 2.26 bits per heavy atom. The van der Waals surface area contributed by atoms with Gasteiger partial charge in [0, 0.05) is 10.7 Å². The van der Waals surface area contributed by atoms with Crippen LogP contribution >= 0.6 is 11.6 Å². The first-order valence-corrected chi connectivity index (χ1v) is 8.85. The van der Waals surface area contributed by atoms with Gasteiger partial charge in [-0.05, 0) is 42.8 Å². The molecule has 0 saturated carbocycles. The summed E-state index contributed by atoms with van der Waals surface area (Å²) in [6.07, 6.45) is 0. The van der Waals surface area contributed by atoms with Crippen LogP contribution in [0.3, 0.4) is 0 Å². The minimum atomic E-state index is -4.34. The Morgan fingerprint density at radius 1 is 1.17 bits per heavy atom. The van der Waals surface area contributed by atoms with E-state index in [1.807, 2.05) is 6.07 Å². The van der Waals surface area contributed by atoms with Crippen molar-refractivity contribution in [1.82, 2.24) is 0 Å². The number of halogens is 1. The molecule has 23 heavy (non-hydrogen) atoms. The monoisotopic (exact) mass is 376 g/mol. The van der Waals surface area contributed by atoms with Gasteiger partial charge in [-0.25, -0.2) is 0 Å². The molecule has 0 saturated heterocycles. The lowest BCUT2D eigenvalue weighted by molar-refractivity contribution is 0.483. The summed E-state index contributed by atoms with van der Waals surface area (Å²) in [5, 5.41) is 0.685. The van der Waals surface area contributed by atoms with Gasteiger partial charge in [-0.3, -0.25) is 4.55 Å². The zero-order chi connectivity index (χ0) is 17.6. The first-order valence-electron chi connectivity index (χ1n) is 6.00. The molecule has 0 bridgehead atoms. The van der Waals surface area contributed by atoms with E-state index >= 15 is 0 Å². The van der Waals surface area contributed by atoms with Crippen LogP contribution in [-0.4, -0.2) is 21.4 Å². The number of aryl methyl sites for hydroxylation is 1. The topological polar surface area (TPSA) is 127 Å². The first kappa shape index (κ1) is 19.1. The molecule has 2 rings (SSSR count). The van der Waals surface area contributed by atoms with Gasteiger partial charge in [0.2, 0.25) is 0 Å². The maximum absolute atomic E-state index is 10.7. The number of anilines is 1. The summed E-state index contributed by atoms with van der Waals surface area (Å²) in [5.74, 6) is 0. The third-order valence-electron chi connectivity index (χ3n) is 2.50. The van der Waals surface area contributed by atoms with E-state index in [2.05, 4.69) is 4.36 Å². The van der Waals surface area contributed by atoms with E-state index in [0.717, 1.165) is 12.1 Å². The number of nitrogens with two attached hydrogens (primary N) is 1. The number of hydrogen-bond donors (Lipinski definition) is 2. The van der Waals surface area contributed by atoms with Crippen molar-refractivity contribution < 1.29 is 21.4 Å². The molecule has 7 nitrogen and oxygen atoms in total. The summed E-state index contributed by atoms with van der Waals surface area (Å²) < 4.78 is 54.0. The first-order chi connectivity index (χ1) is 10.6. The van der Waals surface area contributed by atoms with Crippen LogP contribution in [0.4, 0.5) is 11.4 Å². The Hall–Kier alpha value is -1.94. The Morgan fingerprint density at radius 2 is 1.83 bits per heavy atom. The average molecular weight is 377 g/mol. The predicted molar refractivity (Wildman–Crippen MR) is 87.9 cm³/mol. The molecule has 0 radical (unpaired) electrons. The summed E-state index contributed by atoms with van der Waals surface area (Å²) in [6.45, 7) is 1.57. The predicted octanol–water partition coefficient (Wildman–Crippen LogP) is 2.86. The summed E-state index contributed by atoms with van der Waals surface area (Å²) in [7, 11) is -7.00. The van der Waals surface area contributed by atoms with Gasteiger partial charge in [0.1, 0.15) is 0 Å². The van der Waals surface area contributed by atoms with E-state index in [0.29, 0.717) is 16.3 Å². The fourth-order valence-corrected chi connectivity index (χ4v) is 2.49. The maximum Gasteiger partial charge on any atom is 0.316 e. The minimum Gasteiger partial charge on any atom is -0.399 e. The van der Waals surface area contributed by atoms with Crippen LogP contribution in [0.15, 0.2) is 51.7 Å². The third kappa shape index (κ3) is 6.78. The zero-order valence-corrected chi connectivity index (χ0v) is 14.2. The molecule has 0 spiro atoms. The Kier molecular flexibility index (Phi) is 6.70. The highest BCUT2D eigenvalue weighted by Gasteiger charge is 2.11. The fourth-order valence-electron chi connectivity index (χ4n) is 1.43. The number of nitrogens with zero attached hydrogens (tertiary/aromatic N) is 1. The van der Waals surface area contributed by atoms with Gasteiger partial charge in [0.25, 0.3) is 10.1 Å². The molecular weight excluding hydrogens is 364 g/mol. The molecule has 0 aromatic heterocycles. The average Bonchev–Trinajstić information content (AvgIpc) is 2.40. The molecule has 0 aliphatic heterocycles. The van der Waals surface area contributed by atoms with Gasteiger partial charge < -0.3 is 5.73 Å². The van der Waals surface area contributed by atoms with Crippen LogP contribution in [0, 0.1) is 6.92 Å². The van der Waals surface area contributed by atoms with E-state index in [4.69, 9.17) is 21.9 Å². The van der Waals surface area contributed by atoms with Crippen LogP contribution < -0.4 is 5.73 Å². The smallest absolute Gasteiger partial charge is 0.316 e. The fraction of sp³-hybridized carbons (Fsp3) is 0.0769. The Bertz CT molecular complexity index is 915. The van der Waals surface area contributed by atoms with Crippen molar-refractivity contribution in [2.24, 2.45) is 4.36 Å². The molecule has 124 valence electrons. The van der Waals surface area contributed by atoms with Crippen molar-refractivity contribution in [3.63, 3.8) is 0 Å². The summed E-state index contributed by atoms with van der Waals surface area (Å²) in [6, 6.07) is 10.6. The summed E-state index contributed by atoms with van der Waals surface area (Å²) in [5.41, 5.74) is 6.56. The van der Waals surface area contributed by atoms with Gasteiger partial charge in [-0.2, -0.15) is 16.8 Å². The highest BCUT2D eigenvalue weighted by atomic mass is 35.5. The van der Waals surface area contributed by atoms with Gasteiger partial charge in [0.15, 0.2) is 0 Å². The van der Waals surface area contributed by atoms with E-state index in [-0.39, 0.29) is 5.69 Å². The maximum atomic E-state index is 10.7. The number of nitrogen functional groups attached to an aromatic ring is 1. The normalized spacial score (nSPS) is 10.4. The third-order valence-corrected chi connectivity index (χ3v) is 3.93. The quantitative estimate of drug-likeness (QED) is 0.612. The Labute approximate surface area is 140 Å². The van der Waals surface area contributed by atoms with E-state index in [1.165, 1.54) is 6.07 Å². The molecule has 0 aliphatic rings. The highest BCUT2D eigenvalue weighted by molar-refractivity contribution is 7.85. The van der Waals surface area contributed by atoms with Crippen molar-refractivity contribution >= 4 is 43.6 Å². The molecule has 0 amide bonds. The number of rotatable bonds is 2. The second kappa shape index (κ2) is 8.06. The van der Waals surface area contributed by atoms with E-state index in [9.17, 15) is 16.8 Å². The SMILES string of the molecule is Cc1ccc(S(=O)(=O)O)cc1N=S(=O)=O.Nc1cccc(Cl)c1. The van der Waals surface area contributed by atoms with Crippen molar-refractivity contribution in [3.05, 3.63) is 53.1 Å². The zero-order valence-electron chi connectivity index (χ0n) is 11.8. The van der Waals surface area contributed by atoms with Gasteiger partial charge in [-0.15, -0.1) is 4.36 Å². The van der Waals surface area contributed by atoms with Crippen LogP contribution in [0.25, 0.3) is 0 Å². The van der Waals surface area contributed by atoms with Crippen LogP contribution in [0.5, 0.6) is 0 Å². The molecule has 0 heterocycles. The van der Waals surface area contributed by atoms with Gasteiger partial charge in [0.05, 0.1) is 10.6 Å². The second-order valence-electron chi connectivity index (χ2n) is 4.29. The molecule has 2 aromatic carbocycles. The molecule has 0 atom stereocenters. The standard InChI is InChI=1S/C7H7NO5S2.C6H6ClN/c1-5-2-3-6(15(11,12)13)4-7(5)8-14(9)10;7-5-2-1-3-6(8)4-5/h2-4H,1H3,(H,11,12,13);1-4H,8H2. The molecule has 2 aromatic rings. The number of benzene rings is 2. The Balaban J connectivity index is 0.000000277. The van der Waals surface area contributed by atoms with E-state index < -0.39 is 25.5 Å². The lowest BCUT2D eigenvalue weighted by atomic mass is 10.2. The molecule has 10 heteroatoms. The van der Waals surface area contributed by atoms with Crippen molar-refractivity contribution in [2.75, 3.05) is 5.73 Å². The molecule has 0 aliphatic carbocycles. The van der Waals surface area contributed by atoms with Crippen LogP contribution in [0.2, 0.25) is 5.02 Å². The highest BCUT2D eigenvalue weighted by Crippen LogP contribution is 2.22. The lowest BCUT2D eigenvalue weighted by Gasteiger charge is -2.00. The van der Waals surface area contributed by atoms with Crippen LogP contribution in [0.1, 0.15) is 5.56 Å². The summed E-state index contributed by atoms with van der Waals surface area (Å²) >= 11 is 5.56. The molecule has 0 fully saturated rings. The molecular formula is C13H13ClN2O5S2. The lowest BCUT2D eigenvalue weighted by Crippen LogP contribution is -1.97.